The fraction of sp³-hybridized carbons (Fsp3) is 0.286. The van der Waals surface area contributed by atoms with Crippen LogP contribution < -0.4 is 0 Å². The van der Waals surface area contributed by atoms with Gasteiger partial charge in [-0.25, -0.2) is 0 Å². The second kappa shape index (κ2) is 5.04. The molecule has 0 aliphatic carbocycles. The molecule has 4 heteroatoms. The standard InChI is InChI=1S/C14H15NO3/c1-3-18-14(17)8-13-11(9-16)10-6-4-5-7-12(10)15(13)2/h4-7,9H,3,8H2,1-2H3. The Kier molecular flexibility index (Phi) is 3.46. The summed E-state index contributed by atoms with van der Waals surface area (Å²) < 4.78 is 6.80. The average Bonchev–Trinajstić information content (AvgIpc) is 2.63. The first-order chi connectivity index (χ1) is 8.69. The first-order valence-electron chi connectivity index (χ1n) is 5.86. The maximum absolute atomic E-state index is 11.6. The molecular formula is C14H15NO3. The molecule has 4 nitrogen and oxygen atoms in total. The number of carbonyl (C=O) groups excluding carboxylic acids is 2. The van der Waals surface area contributed by atoms with Crippen molar-refractivity contribution in [3.63, 3.8) is 0 Å². The molecule has 0 aliphatic heterocycles. The molecule has 0 atom stereocenters. The summed E-state index contributed by atoms with van der Waals surface area (Å²) in [6.07, 6.45) is 0.921. The summed E-state index contributed by atoms with van der Waals surface area (Å²) in [5, 5.41) is 0.870. The fourth-order valence-corrected chi connectivity index (χ4v) is 2.17. The van der Waals surface area contributed by atoms with Gasteiger partial charge in [0.2, 0.25) is 0 Å². The topological polar surface area (TPSA) is 48.3 Å². The lowest BCUT2D eigenvalue weighted by Crippen LogP contribution is -2.11. The maximum atomic E-state index is 11.6. The minimum atomic E-state index is -0.313. The second-order valence-electron chi connectivity index (χ2n) is 4.04. The lowest BCUT2D eigenvalue weighted by Gasteiger charge is -2.05. The van der Waals surface area contributed by atoms with Crippen LogP contribution in [0.3, 0.4) is 0 Å². The van der Waals surface area contributed by atoms with Crippen molar-refractivity contribution in [3.05, 3.63) is 35.5 Å². The van der Waals surface area contributed by atoms with Crippen LogP contribution in [0.2, 0.25) is 0 Å². The minimum Gasteiger partial charge on any atom is -0.466 e. The molecule has 2 rings (SSSR count). The first-order valence-corrected chi connectivity index (χ1v) is 5.86. The highest BCUT2D eigenvalue weighted by atomic mass is 16.5. The molecule has 0 radical (unpaired) electrons. The van der Waals surface area contributed by atoms with Crippen LogP contribution in [-0.4, -0.2) is 23.4 Å². The van der Waals surface area contributed by atoms with Crippen molar-refractivity contribution in [1.29, 1.82) is 0 Å². The highest BCUT2D eigenvalue weighted by Gasteiger charge is 2.17. The second-order valence-corrected chi connectivity index (χ2v) is 4.04. The van der Waals surface area contributed by atoms with Crippen LogP contribution in [0.1, 0.15) is 23.0 Å². The Bertz CT molecular complexity index is 598. The normalized spacial score (nSPS) is 10.6. The molecule has 0 bridgehead atoms. The van der Waals surface area contributed by atoms with Gasteiger partial charge in [0.05, 0.1) is 13.0 Å². The summed E-state index contributed by atoms with van der Waals surface area (Å²) in [4.78, 5) is 22.8. The van der Waals surface area contributed by atoms with Crippen LogP contribution in [0.4, 0.5) is 0 Å². The quantitative estimate of drug-likeness (QED) is 0.612. The van der Waals surface area contributed by atoms with E-state index in [2.05, 4.69) is 0 Å². The van der Waals surface area contributed by atoms with Gasteiger partial charge in [-0.3, -0.25) is 9.59 Å². The third-order valence-corrected chi connectivity index (χ3v) is 3.01. The number of ether oxygens (including phenoxy) is 1. The van der Waals surface area contributed by atoms with E-state index in [0.717, 1.165) is 17.2 Å². The van der Waals surface area contributed by atoms with E-state index in [-0.39, 0.29) is 12.4 Å². The smallest absolute Gasteiger partial charge is 0.311 e. The molecule has 0 fully saturated rings. The predicted molar refractivity (Wildman–Crippen MR) is 68.6 cm³/mol. The predicted octanol–water partition coefficient (Wildman–Crippen LogP) is 2.10. The van der Waals surface area contributed by atoms with Gasteiger partial charge in [-0.15, -0.1) is 0 Å². The number of nitrogens with zero attached hydrogens (tertiary/aromatic N) is 1. The molecule has 0 N–H and O–H groups in total. The molecular weight excluding hydrogens is 230 g/mol. The van der Waals surface area contributed by atoms with Crippen molar-refractivity contribution in [2.24, 2.45) is 7.05 Å². The highest BCUT2D eigenvalue weighted by molar-refractivity contribution is 6.00. The minimum absolute atomic E-state index is 0.118. The summed E-state index contributed by atoms with van der Waals surface area (Å²) in [5.41, 5.74) is 2.21. The van der Waals surface area contributed by atoms with Gasteiger partial charge in [0.1, 0.15) is 0 Å². The zero-order valence-electron chi connectivity index (χ0n) is 10.5. The zero-order valence-corrected chi connectivity index (χ0v) is 10.5. The van der Waals surface area contributed by atoms with Gasteiger partial charge < -0.3 is 9.30 Å². The summed E-state index contributed by atoms with van der Waals surface area (Å²) in [5.74, 6) is -0.313. The van der Waals surface area contributed by atoms with Crippen LogP contribution in [0.15, 0.2) is 24.3 Å². The summed E-state index contributed by atoms with van der Waals surface area (Å²) in [6, 6.07) is 7.60. The van der Waals surface area contributed by atoms with Gasteiger partial charge in [-0.2, -0.15) is 0 Å². The van der Waals surface area contributed by atoms with Crippen LogP contribution in [0, 0.1) is 0 Å². The number of para-hydroxylation sites is 1. The van der Waals surface area contributed by atoms with Crippen molar-refractivity contribution in [2.45, 2.75) is 13.3 Å². The van der Waals surface area contributed by atoms with Crippen LogP contribution in [-0.2, 0) is 23.0 Å². The Balaban J connectivity index is 2.52. The molecule has 0 saturated heterocycles. The molecule has 18 heavy (non-hydrogen) atoms. The van der Waals surface area contributed by atoms with Crippen molar-refractivity contribution >= 4 is 23.2 Å². The lowest BCUT2D eigenvalue weighted by molar-refractivity contribution is -0.142. The number of hydrogen-bond acceptors (Lipinski definition) is 3. The van der Waals surface area contributed by atoms with Gasteiger partial charge in [0.15, 0.2) is 6.29 Å². The van der Waals surface area contributed by atoms with E-state index in [4.69, 9.17) is 4.74 Å². The Morgan fingerprint density at radius 1 is 1.39 bits per heavy atom. The molecule has 1 aromatic carbocycles. The van der Waals surface area contributed by atoms with Gasteiger partial charge in [-0.05, 0) is 13.0 Å². The fourth-order valence-electron chi connectivity index (χ4n) is 2.17. The number of rotatable bonds is 4. The SMILES string of the molecule is CCOC(=O)Cc1c(C=O)c2ccccc2n1C. The summed E-state index contributed by atoms with van der Waals surface area (Å²) in [7, 11) is 1.85. The molecule has 1 aromatic heterocycles. The largest absolute Gasteiger partial charge is 0.466 e. The van der Waals surface area contributed by atoms with Gasteiger partial charge in [0.25, 0.3) is 0 Å². The van der Waals surface area contributed by atoms with Crippen molar-refractivity contribution in [2.75, 3.05) is 6.61 Å². The van der Waals surface area contributed by atoms with Crippen LogP contribution in [0.25, 0.3) is 10.9 Å². The number of carbonyl (C=O) groups is 2. The molecule has 0 aliphatic rings. The van der Waals surface area contributed by atoms with E-state index >= 15 is 0 Å². The van der Waals surface area contributed by atoms with Crippen molar-refractivity contribution < 1.29 is 14.3 Å². The maximum Gasteiger partial charge on any atom is 0.311 e. The van der Waals surface area contributed by atoms with E-state index in [0.29, 0.717) is 17.9 Å². The third kappa shape index (κ3) is 2.01. The molecule has 0 unspecified atom stereocenters. The van der Waals surface area contributed by atoms with E-state index < -0.39 is 0 Å². The molecule has 1 heterocycles. The number of esters is 1. The lowest BCUT2D eigenvalue weighted by atomic mass is 10.1. The van der Waals surface area contributed by atoms with E-state index in [1.54, 1.807) is 6.92 Å². The molecule has 2 aromatic rings. The van der Waals surface area contributed by atoms with E-state index in [1.807, 2.05) is 35.9 Å². The monoisotopic (exact) mass is 245 g/mol. The Hall–Kier alpha value is -2.10. The van der Waals surface area contributed by atoms with Gasteiger partial charge in [-0.1, -0.05) is 18.2 Å². The first kappa shape index (κ1) is 12.4. The number of aromatic nitrogens is 1. The number of aryl methyl sites for hydroxylation is 1. The van der Waals surface area contributed by atoms with Gasteiger partial charge in [0, 0.05) is 29.2 Å². The van der Waals surface area contributed by atoms with E-state index in [1.165, 1.54) is 0 Å². The third-order valence-electron chi connectivity index (χ3n) is 3.01. The van der Waals surface area contributed by atoms with Crippen LogP contribution in [0.5, 0.6) is 0 Å². The zero-order chi connectivity index (χ0) is 13.1. The molecule has 94 valence electrons. The molecule has 0 amide bonds. The molecule has 0 spiro atoms. The van der Waals surface area contributed by atoms with Crippen LogP contribution >= 0.6 is 0 Å². The number of fused-ring (bicyclic) bond motifs is 1. The number of aldehydes is 1. The van der Waals surface area contributed by atoms with E-state index in [9.17, 15) is 9.59 Å². The summed E-state index contributed by atoms with van der Waals surface area (Å²) in [6.45, 7) is 2.11. The summed E-state index contributed by atoms with van der Waals surface area (Å²) >= 11 is 0. The average molecular weight is 245 g/mol. The molecule has 0 saturated carbocycles. The Morgan fingerprint density at radius 2 is 2.11 bits per heavy atom. The van der Waals surface area contributed by atoms with Crippen molar-refractivity contribution in [1.82, 2.24) is 4.57 Å². The number of hydrogen-bond donors (Lipinski definition) is 0. The van der Waals surface area contributed by atoms with Gasteiger partial charge >= 0.3 is 5.97 Å². The highest BCUT2D eigenvalue weighted by Crippen LogP contribution is 2.24. The number of benzene rings is 1. The van der Waals surface area contributed by atoms with Crippen molar-refractivity contribution in [3.8, 4) is 0 Å². The Morgan fingerprint density at radius 3 is 2.78 bits per heavy atom. The Labute approximate surface area is 105 Å².